The Labute approximate surface area is 214 Å². The molecule has 1 aliphatic heterocycles. The molecule has 1 N–H and O–H groups in total. The summed E-state index contributed by atoms with van der Waals surface area (Å²) >= 11 is 7.42. The van der Waals surface area contributed by atoms with Gasteiger partial charge in [-0.15, -0.1) is 0 Å². The van der Waals surface area contributed by atoms with Crippen molar-refractivity contribution in [2.45, 2.75) is 29.0 Å². The van der Waals surface area contributed by atoms with Crippen molar-refractivity contribution < 1.29 is 13.9 Å². The lowest BCUT2D eigenvalue weighted by atomic mass is 10.0. The first kappa shape index (κ1) is 23.3. The summed E-state index contributed by atoms with van der Waals surface area (Å²) in [5, 5.41) is 4.81. The summed E-state index contributed by atoms with van der Waals surface area (Å²) in [5.74, 6) is 2.16. The highest BCUT2D eigenvalue weighted by molar-refractivity contribution is 7.99. The van der Waals surface area contributed by atoms with Crippen LogP contribution < -0.4 is 19.7 Å². The maximum atomic E-state index is 6.41. The highest BCUT2D eigenvalue weighted by Gasteiger charge is 2.43. The van der Waals surface area contributed by atoms with E-state index in [4.69, 9.17) is 26.1 Å². The summed E-state index contributed by atoms with van der Waals surface area (Å²) in [4.78, 5) is 7.74. The second kappa shape index (κ2) is 10.0. The number of rotatable bonds is 7. The van der Waals surface area contributed by atoms with Crippen LogP contribution in [0.1, 0.15) is 29.1 Å². The number of ether oxygens (including phenoxy) is 2. The molecule has 0 unspecified atom stereocenters. The molecule has 0 bridgehead atoms. The average Bonchev–Trinajstić information content (AvgIpc) is 3.49. The smallest absolute Gasteiger partial charge is 0.174 e. The number of nitrogens with zero attached hydrogens (tertiary/aromatic N) is 2. The standard InChI is InChI=1S/C27H25N3O3S2/c1-17-7-10-19(11-8-17)35-24-14-13-23(33-24)26-25(20-6-4-5-15-28-20)29-27(34)30(26)21-16-18(31-2)9-12-22(21)32-3/h4-16,25-26H,1-3H3,(H,29,34)/t25-,26-/m1/s1. The second-order valence-corrected chi connectivity index (χ2v) is 9.57. The van der Waals surface area contributed by atoms with Gasteiger partial charge in [-0.25, -0.2) is 0 Å². The number of aryl methyl sites for hydroxylation is 1. The lowest BCUT2D eigenvalue weighted by molar-refractivity contribution is 0.379. The van der Waals surface area contributed by atoms with Crippen LogP contribution in [0.4, 0.5) is 5.69 Å². The Hall–Kier alpha value is -3.49. The summed E-state index contributed by atoms with van der Waals surface area (Å²) in [7, 11) is 3.29. The number of nitrogens with one attached hydrogen (secondary N) is 1. The molecular weight excluding hydrogens is 478 g/mol. The number of hydrogen-bond acceptors (Lipinski definition) is 6. The number of furan rings is 1. The number of aromatic nitrogens is 1. The van der Waals surface area contributed by atoms with Crippen molar-refractivity contribution in [1.82, 2.24) is 10.3 Å². The van der Waals surface area contributed by atoms with E-state index in [0.29, 0.717) is 16.6 Å². The number of anilines is 1. The topological polar surface area (TPSA) is 59.8 Å². The molecule has 1 saturated heterocycles. The second-order valence-electron chi connectivity index (χ2n) is 8.11. The molecule has 0 radical (unpaired) electrons. The van der Waals surface area contributed by atoms with Crippen LogP contribution in [0.25, 0.3) is 0 Å². The van der Waals surface area contributed by atoms with Crippen molar-refractivity contribution in [3.63, 3.8) is 0 Å². The Morgan fingerprint density at radius 2 is 1.83 bits per heavy atom. The van der Waals surface area contributed by atoms with Gasteiger partial charge < -0.3 is 24.1 Å². The van der Waals surface area contributed by atoms with Crippen LogP contribution >= 0.6 is 24.0 Å². The fraction of sp³-hybridized carbons (Fsp3) is 0.185. The normalized spacial score (nSPS) is 17.3. The van der Waals surface area contributed by atoms with E-state index in [1.807, 2.05) is 53.4 Å². The van der Waals surface area contributed by atoms with Gasteiger partial charge in [0, 0.05) is 17.2 Å². The maximum absolute atomic E-state index is 6.41. The number of hydrogen-bond donors (Lipinski definition) is 1. The van der Waals surface area contributed by atoms with Gasteiger partial charge in [-0.05, 0) is 67.7 Å². The summed E-state index contributed by atoms with van der Waals surface area (Å²) in [6.07, 6.45) is 1.78. The summed E-state index contributed by atoms with van der Waals surface area (Å²) in [5.41, 5.74) is 2.88. The van der Waals surface area contributed by atoms with Gasteiger partial charge in [0.1, 0.15) is 23.3 Å². The quantitative estimate of drug-likeness (QED) is 0.294. The zero-order chi connectivity index (χ0) is 24.4. The first-order chi connectivity index (χ1) is 17.1. The third-order valence-electron chi connectivity index (χ3n) is 5.88. The van der Waals surface area contributed by atoms with Crippen molar-refractivity contribution in [2.24, 2.45) is 0 Å². The highest BCUT2D eigenvalue weighted by Crippen LogP contribution is 2.46. The van der Waals surface area contributed by atoms with Gasteiger partial charge in [-0.3, -0.25) is 4.98 Å². The monoisotopic (exact) mass is 503 g/mol. The van der Waals surface area contributed by atoms with Gasteiger partial charge in [0.2, 0.25) is 0 Å². The van der Waals surface area contributed by atoms with Crippen LogP contribution in [0, 0.1) is 6.92 Å². The van der Waals surface area contributed by atoms with Gasteiger partial charge in [-0.1, -0.05) is 35.5 Å². The first-order valence-electron chi connectivity index (χ1n) is 11.1. The molecule has 8 heteroatoms. The Morgan fingerprint density at radius 3 is 2.54 bits per heavy atom. The molecule has 1 aliphatic rings. The van der Waals surface area contributed by atoms with Crippen LogP contribution in [0.15, 0.2) is 93.4 Å². The molecule has 0 aliphatic carbocycles. The van der Waals surface area contributed by atoms with Crippen molar-refractivity contribution in [2.75, 3.05) is 19.1 Å². The largest absolute Gasteiger partial charge is 0.497 e. The molecule has 178 valence electrons. The Bertz CT molecular complexity index is 1330. The molecule has 6 nitrogen and oxygen atoms in total. The molecule has 2 aromatic heterocycles. The van der Waals surface area contributed by atoms with Crippen LogP contribution in [0.5, 0.6) is 11.5 Å². The Balaban J connectivity index is 1.57. The molecule has 5 rings (SSSR count). The molecule has 0 spiro atoms. The van der Waals surface area contributed by atoms with E-state index in [2.05, 4.69) is 41.5 Å². The third kappa shape index (κ3) is 4.72. The van der Waals surface area contributed by atoms with E-state index >= 15 is 0 Å². The number of benzene rings is 2. The number of thiocarbonyl (C=S) groups is 1. The minimum Gasteiger partial charge on any atom is -0.497 e. The zero-order valence-corrected chi connectivity index (χ0v) is 21.2. The molecule has 3 heterocycles. The van der Waals surface area contributed by atoms with Gasteiger partial charge >= 0.3 is 0 Å². The number of methoxy groups -OCH3 is 2. The predicted octanol–water partition coefficient (Wildman–Crippen LogP) is 6.33. The molecule has 0 saturated carbocycles. The van der Waals surface area contributed by atoms with E-state index in [1.165, 1.54) is 5.56 Å². The fourth-order valence-corrected chi connectivity index (χ4v) is 5.28. The van der Waals surface area contributed by atoms with Crippen LogP contribution in [0.3, 0.4) is 0 Å². The Kier molecular flexibility index (Phi) is 6.66. The predicted molar refractivity (Wildman–Crippen MR) is 141 cm³/mol. The molecule has 1 fully saturated rings. The molecular formula is C27H25N3O3S2. The van der Waals surface area contributed by atoms with Crippen molar-refractivity contribution in [3.05, 3.63) is 96.0 Å². The summed E-state index contributed by atoms with van der Waals surface area (Å²) < 4.78 is 17.6. The van der Waals surface area contributed by atoms with E-state index in [0.717, 1.165) is 27.1 Å². The molecule has 4 aromatic rings. The number of pyridine rings is 1. The van der Waals surface area contributed by atoms with Crippen LogP contribution in [-0.4, -0.2) is 24.3 Å². The third-order valence-corrected chi connectivity index (χ3v) is 7.12. The molecule has 35 heavy (non-hydrogen) atoms. The summed E-state index contributed by atoms with van der Waals surface area (Å²) in [6, 6.07) is 23.4. The molecule has 0 amide bonds. The van der Waals surface area contributed by atoms with E-state index in [1.54, 1.807) is 32.2 Å². The minimum atomic E-state index is -0.286. The first-order valence-corrected chi connectivity index (χ1v) is 12.4. The van der Waals surface area contributed by atoms with Gasteiger partial charge in [0.15, 0.2) is 10.2 Å². The van der Waals surface area contributed by atoms with Crippen molar-refractivity contribution in [1.29, 1.82) is 0 Å². The highest BCUT2D eigenvalue weighted by atomic mass is 32.2. The zero-order valence-electron chi connectivity index (χ0n) is 19.6. The summed E-state index contributed by atoms with van der Waals surface area (Å²) in [6.45, 7) is 2.08. The van der Waals surface area contributed by atoms with Gasteiger partial charge in [0.05, 0.1) is 31.6 Å². The van der Waals surface area contributed by atoms with E-state index in [9.17, 15) is 0 Å². The van der Waals surface area contributed by atoms with Gasteiger partial charge in [0.25, 0.3) is 0 Å². The average molecular weight is 504 g/mol. The van der Waals surface area contributed by atoms with Crippen molar-refractivity contribution in [3.8, 4) is 11.5 Å². The molecule has 2 aromatic carbocycles. The van der Waals surface area contributed by atoms with Gasteiger partial charge in [-0.2, -0.15) is 0 Å². The Morgan fingerprint density at radius 1 is 1.00 bits per heavy atom. The van der Waals surface area contributed by atoms with Crippen LogP contribution in [-0.2, 0) is 0 Å². The lowest BCUT2D eigenvalue weighted by Crippen LogP contribution is -2.29. The van der Waals surface area contributed by atoms with E-state index in [-0.39, 0.29) is 12.1 Å². The lowest BCUT2D eigenvalue weighted by Gasteiger charge is -2.27. The van der Waals surface area contributed by atoms with E-state index < -0.39 is 0 Å². The van der Waals surface area contributed by atoms with Crippen molar-refractivity contribution >= 4 is 34.8 Å². The SMILES string of the molecule is COc1ccc(OC)c(N2C(=S)N[C@H](c3ccccn3)[C@H]2c2ccc(Sc3ccc(C)cc3)o2)c1. The fourth-order valence-electron chi connectivity index (χ4n) is 4.16. The maximum Gasteiger partial charge on any atom is 0.174 e. The van der Waals surface area contributed by atoms with Crippen LogP contribution in [0.2, 0.25) is 0 Å². The minimum absolute atomic E-state index is 0.219. The molecule has 2 atom stereocenters.